The van der Waals surface area contributed by atoms with Gasteiger partial charge in [-0.3, -0.25) is 4.79 Å². The number of carbonyl (C=O) groups is 1. The molecule has 1 saturated heterocycles. The molecule has 1 aromatic carbocycles. The Bertz CT molecular complexity index is 459. The predicted molar refractivity (Wildman–Crippen MR) is 66.4 cm³/mol. The Balaban J connectivity index is 0.00000180. The molecule has 0 radical (unpaired) electrons. The van der Waals surface area contributed by atoms with Crippen molar-refractivity contribution in [2.24, 2.45) is 0 Å². The largest absolute Gasteiger partial charge is 0.486 e. The Morgan fingerprint density at radius 2 is 2.16 bits per heavy atom. The van der Waals surface area contributed by atoms with Crippen LogP contribution in [0.4, 0.5) is 8.78 Å². The summed E-state index contributed by atoms with van der Waals surface area (Å²) in [5.41, 5.74) is 0. The van der Waals surface area contributed by atoms with Crippen LogP contribution < -0.4 is 10.1 Å². The standard InChI is InChI=1S/C12H13F2NO3.ClH/c1-17-12(16)9-5-7(6-15-9)18-10-4-2-3-8(13)11(10)14;/h2-4,7,9,15H,5-6H2,1H3;1H/t7-,9-;/m0./s1. The zero-order valence-corrected chi connectivity index (χ0v) is 11.0. The summed E-state index contributed by atoms with van der Waals surface area (Å²) in [6.45, 7) is 0.385. The van der Waals surface area contributed by atoms with Crippen molar-refractivity contribution in [3.05, 3.63) is 29.8 Å². The number of ether oxygens (including phenoxy) is 2. The van der Waals surface area contributed by atoms with Crippen molar-refractivity contribution in [2.75, 3.05) is 13.7 Å². The van der Waals surface area contributed by atoms with Gasteiger partial charge in [0.05, 0.1) is 7.11 Å². The molecule has 1 heterocycles. The minimum absolute atomic E-state index is 0. The smallest absolute Gasteiger partial charge is 0.323 e. The maximum atomic E-state index is 13.4. The van der Waals surface area contributed by atoms with E-state index >= 15 is 0 Å². The number of carbonyl (C=O) groups excluding carboxylic acids is 1. The van der Waals surface area contributed by atoms with Crippen molar-refractivity contribution in [2.45, 2.75) is 18.6 Å². The van der Waals surface area contributed by atoms with Gasteiger partial charge in [0.25, 0.3) is 0 Å². The molecular weight excluding hydrogens is 280 g/mol. The van der Waals surface area contributed by atoms with Gasteiger partial charge in [0.1, 0.15) is 12.1 Å². The number of hydrogen-bond acceptors (Lipinski definition) is 4. The number of hydrogen-bond donors (Lipinski definition) is 1. The molecule has 0 aromatic heterocycles. The van der Waals surface area contributed by atoms with Crippen molar-refractivity contribution in [1.82, 2.24) is 5.32 Å². The highest BCUT2D eigenvalue weighted by molar-refractivity contribution is 5.85. The van der Waals surface area contributed by atoms with Crippen LogP contribution in [0.15, 0.2) is 18.2 Å². The number of benzene rings is 1. The maximum Gasteiger partial charge on any atom is 0.323 e. The summed E-state index contributed by atoms with van der Waals surface area (Å²) in [5, 5.41) is 2.90. The number of methoxy groups -OCH3 is 1. The second-order valence-corrected chi connectivity index (χ2v) is 4.01. The molecular formula is C12H14ClF2NO3. The third-order valence-electron chi connectivity index (χ3n) is 2.79. The summed E-state index contributed by atoms with van der Waals surface area (Å²) >= 11 is 0. The zero-order chi connectivity index (χ0) is 13.1. The van der Waals surface area contributed by atoms with Gasteiger partial charge in [0.2, 0.25) is 5.82 Å². The first-order valence-corrected chi connectivity index (χ1v) is 5.53. The Hall–Kier alpha value is -1.40. The molecule has 1 N–H and O–H groups in total. The van der Waals surface area contributed by atoms with E-state index in [-0.39, 0.29) is 30.2 Å². The van der Waals surface area contributed by atoms with Gasteiger partial charge in [0.15, 0.2) is 11.6 Å². The van der Waals surface area contributed by atoms with Crippen LogP contribution in [0.3, 0.4) is 0 Å². The van der Waals surface area contributed by atoms with E-state index in [0.717, 1.165) is 6.07 Å². The van der Waals surface area contributed by atoms with E-state index in [1.165, 1.54) is 19.2 Å². The van der Waals surface area contributed by atoms with Crippen LogP contribution in [-0.4, -0.2) is 31.8 Å². The van der Waals surface area contributed by atoms with Gasteiger partial charge in [-0.25, -0.2) is 4.39 Å². The van der Waals surface area contributed by atoms with Gasteiger partial charge in [0, 0.05) is 13.0 Å². The van der Waals surface area contributed by atoms with E-state index in [1.807, 2.05) is 0 Å². The molecule has 2 rings (SSSR count). The lowest BCUT2D eigenvalue weighted by Gasteiger charge is -2.13. The maximum absolute atomic E-state index is 13.4. The summed E-state index contributed by atoms with van der Waals surface area (Å²) in [5.74, 6) is -2.50. The number of rotatable bonds is 3. The third-order valence-corrected chi connectivity index (χ3v) is 2.79. The Morgan fingerprint density at radius 3 is 2.84 bits per heavy atom. The summed E-state index contributed by atoms with van der Waals surface area (Å²) in [4.78, 5) is 11.3. The first-order chi connectivity index (χ1) is 8.61. The minimum Gasteiger partial charge on any atom is -0.486 e. The van der Waals surface area contributed by atoms with E-state index in [4.69, 9.17) is 4.74 Å². The SMILES string of the molecule is COC(=O)[C@@H]1C[C@H](Oc2cccc(F)c2F)CN1.Cl. The molecule has 106 valence electrons. The molecule has 2 atom stereocenters. The first-order valence-electron chi connectivity index (χ1n) is 5.53. The molecule has 0 bridgehead atoms. The van der Waals surface area contributed by atoms with Crippen LogP contribution in [0.25, 0.3) is 0 Å². The van der Waals surface area contributed by atoms with Crippen molar-refractivity contribution < 1.29 is 23.0 Å². The monoisotopic (exact) mass is 293 g/mol. The van der Waals surface area contributed by atoms with Crippen molar-refractivity contribution in [1.29, 1.82) is 0 Å². The quantitative estimate of drug-likeness (QED) is 0.861. The average Bonchev–Trinajstić information content (AvgIpc) is 2.82. The summed E-state index contributed by atoms with van der Waals surface area (Å²) in [7, 11) is 1.30. The highest BCUT2D eigenvalue weighted by atomic mass is 35.5. The Kier molecular flexibility index (Phi) is 5.50. The fraction of sp³-hybridized carbons (Fsp3) is 0.417. The molecule has 19 heavy (non-hydrogen) atoms. The number of esters is 1. The first kappa shape index (κ1) is 15.7. The second kappa shape index (κ2) is 6.68. The van der Waals surface area contributed by atoms with Gasteiger partial charge >= 0.3 is 5.97 Å². The van der Waals surface area contributed by atoms with Crippen LogP contribution >= 0.6 is 12.4 Å². The Morgan fingerprint density at radius 1 is 1.42 bits per heavy atom. The molecule has 1 aliphatic rings. The van der Waals surface area contributed by atoms with E-state index < -0.39 is 17.7 Å². The van der Waals surface area contributed by atoms with Crippen LogP contribution in [0.2, 0.25) is 0 Å². The van der Waals surface area contributed by atoms with Gasteiger partial charge in [-0.1, -0.05) is 6.07 Å². The lowest BCUT2D eigenvalue weighted by atomic mass is 10.2. The van der Waals surface area contributed by atoms with Crippen molar-refractivity contribution in [3.63, 3.8) is 0 Å². The lowest BCUT2D eigenvalue weighted by molar-refractivity contribution is -0.142. The fourth-order valence-electron chi connectivity index (χ4n) is 1.87. The van der Waals surface area contributed by atoms with Crippen molar-refractivity contribution in [3.8, 4) is 5.75 Å². The number of nitrogens with one attached hydrogen (secondary N) is 1. The lowest BCUT2D eigenvalue weighted by Crippen LogP contribution is -2.31. The molecule has 1 aliphatic heterocycles. The molecule has 1 fully saturated rings. The van der Waals surface area contributed by atoms with Gasteiger partial charge in [-0.05, 0) is 12.1 Å². The topological polar surface area (TPSA) is 47.6 Å². The normalized spacial score (nSPS) is 21.6. The Labute approximate surface area is 115 Å². The highest BCUT2D eigenvalue weighted by Gasteiger charge is 2.31. The summed E-state index contributed by atoms with van der Waals surface area (Å²) < 4.78 is 36.2. The van der Waals surface area contributed by atoms with Crippen LogP contribution in [-0.2, 0) is 9.53 Å². The van der Waals surface area contributed by atoms with E-state index in [0.29, 0.717) is 13.0 Å². The third kappa shape index (κ3) is 3.54. The molecule has 0 spiro atoms. The molecule has 1 aromatic rings. The highest BCUT2D eigenvalue weighted by Crippen LogP contribution is 2.23. The molecule has 0 saturated carbocycles. The number of halogens is 3. The van der Waals surface area contributed by atoms with E-state index in [1.54, 1.807) is 0 Å². The van der Waals surface area contributed by atoms with Crippen LogP contribution in [0, 0.1) is 11.6 Å². The van der Waals surface area contributed by atoms with Gasteiger partial charge in [-0.2, -0.15) is 4.39 Å². The zero-order valence-electron chi connectivity index (χ0n) is 10.2. The van der Waals surface area contributed by atoms with Gasteiger partial charge < -0.3 is 14.8 Å². The summed E-state index contributed by atoms with van der Waals surface area (Å²) in [6.07, 6.45) is -0.0202. The molecule has 4 nitrogen and oxygen atoms in total. The van der Waals surface area contributed by atoms with Crippen molar-refractivity contribution >= 4 is 18.4 Å². The molecule has 0 amide bonds. The molecule has 7 heteroatoms. The average molecular weight is 294 g/mol. The predicted octanol–water partition coefficient (Wildman–Crippen LogP) is 1.67. The van der Waals surface area contributed by atoms with E-state index in [9.17, 15) is 13.6 Å². The van der Waals surface area contributed by atoms with Gasteiger partial charge in [-0.15, -0.1) is 12.4 Å². The minimum atomic E-state index is -1.01. The van der Waals surface area contributed by atoms with Crippen LogP contribution in [0.1, 0.15) is 6.42 Å². The second-order valence-electron chi connectivity index (χ2n) is 4.01. The van der Waals surface area contributed by atoms with Crippen LogP contribution in [0.5, 0.6) is 5.75 Å². The van der Waals surface area contributed by atoms with E-state index in [2.05, 4.69) is 10.1 Å². The summed E-state index contributed by atoms with van der Waals surface area (Å²) in [6, 6.07) is 3.28. The fourth-order valence-corrected chi connectivity index (χ4v) is 1.87. The molecule has 0 aliphatic carbocycles. The molecule has 0 unspecified atom stereocenters.